The first-order valence-corrected chi connectivity index (χ1v) is 10.1. The lowest BCUT2D eigenvalue weighted by atomic mass is 9.43. The third-order valence-electron chi connectivity index (χ3n) is 8.62. The Morgan fingerprint density at radius 1 is 1.08 bits per heavy atom. The number of aliphatic hydroxyl groups is 1. The Kier molecular flexibility index (Phi) is 3.93. The Morgan fingerprint density at radius 2 is 1.81 bits per heavy atom. The quantitative estimate of drug-likeness (QED) is 0.726. The van der Waals surface area contributed by atoms with Gasteiger partial charge in [-0.15, -0.1) is 0 Å². The number of ketones is 2. The molecule has 5 heteroatoms. The fraction of sp³-hybridized carbons (Fsp3) is 0.857. The minimum Gasteiger partial charge on any atom is -0.459 e. The molecule has 4 aliphatic rings. The molecule has 0 aromatic heterocycles. The lowest BCUT2D eigenvalue weighted by Gasteiger charge is -2.63. The summed E-state index contributed by atoms with van der Waals surface area (Å²) in [7, 11) is 0. The Morgan fingerprint density at radius 3 is 2.50 bits per heavy atom. The van der Waals surface area contributed by atoms with Crippen molar-refractivity contribution in [1.29, 1.82) is 0 Å². The average Bonchev–Trinajstić information content (AvgIpc) is 2.86. The van der Waals surface area contributed by atoms with Gasteiger partial charge in [0.2, 0.25) is 0 Å². The van der Waals surface area contributed by atoms with Gasteiger partial charge in [0.15, 0.2) is 11.4 Å². The van der Waals surface area contributed by atoms with E-state index in [1.165, 1.54) is 6.92 Å². The van der Waals surface area contributed by atoms with E-state index in [1.54, 1.807) is 0 Å². The predicted octanol–water partition coefficient (Wildman–Crippen LogP) is 2.82. The summed E-state index contributed by atoms with van der Waals surface area (Å²) in [6, 6.07) is 0. The van der Waals surface area contributed by atoms with E-state index in [0.717, 1.165) is 32.1 Å². The second-order valence-electron chi connectivity index (χ2n) is 9.59. The van der Waals surface area contributed by atoms with E-state index in [0.29, 0.717) is 25.0 Å². The zero-order chi connectivity index (χ0) is 18.9. The molecular weight excluding hydrogens is 332 g/mol. The molecule has 0 unspecified atom stereocenters. The van der Waals surface area contributed by atoms with Gasteiger partial charge in [-0.3, -0.25) is 14.4 Å². The molecule has 144 valence electrons. The Hall–Kier alpha value is -1.23. The highest BCUT2D eigenvalue weighted by atomic mass is 16.6. The van der Waals surface area contributed by atoms with E-state index in [9.17, 15) is 19.5 Å². The lowest BCUT2D eigenvalue weighted by molar-refractivity contribution is -0.244. The smallest absolute Gasteiger partial charge is 0.303 e. The number of hydrogen-bond donors (Lipinski definition) is 1. The van der Waals surface area contributed by atoms with Crippen molar-refractivity contribution >= 4 is 17.5 Å². The van der Waals surface area contributed by atoms with Crippen LogP contribution in [0.2, 0.25) is 0 Å². The number of fused-ring (bicyclic) bond motifs is 5. The first kappa shape index (κ1) is 18.1. The van der Waals surface area contributed by atoms with Crippen LogP contribution in [0.25, 0.3) is 0 Å². The molecular formula is C21H30O5. The minimum absolute atomic E-state index is 0.174. The molecule has 5 nitrogen and oxygen atoms in total. The van der Waals surface area contributed by atoms with Crippen LogP contribution in [0, 0.1) is 28.6 Å². The van der Waals surface area contributed by atoms with Crippen molar-refractivity contribution < 1.29 is 24.2 Å². The zero-order valence-electron chi connectivity index (χ0n) is 16.0. The summed E-state index contributed by atoms with van der Waals surface area (Å²) in [5.74, 6) is 0.421. The SMILES string of the molecule is CC(=O)O[C@@H]1C[C@H]2[C@@H]3CCC(=O)[C@@]3(C)CC[C@@H]2[C@@]2(C)CCCC(=O)[C@]12O. The number of Topliss-reactive ketones (excluding diaryl/α,β-unsaturated/α-hetero) is 2. The fourth-order valence-electron chi connectivity index (χ4n) is 7.26. The van der Waals surface area contributed by atoms with Gasteiger partial charge in [0.25, 0.3) is 0 Å². The van der Waals surface area contributed by atoms with Crippen LogP contribution >= 0.6 is 0 Å². The molecule has 4 rings (SSSR count). The largest absolute Gasteiger partial charge is 0.459 e. The number of hydrogen-bond acceptors (Lipinski definition) is 5. The van der Waals surface area contributed by atoms with Gasteiger partial charge in [-0.25, -0.2) is 0 Å². The molecule has 0 heterocycles. The molecule has 0 bridgehead atoms. The fourth-order valence-corrected chi connectivity index (χ4v) is 7.26. The van der Waals surface area contributed by atoms with E-state index in [2.05, 4.69) is 6.92 Å². The van der Waals surface area contributed by atoms with Crippen molar-refractivity contribution in [3.05, 3.63) is 0 Å². The molecule has 0 radical (unpaired) electrons. The molecule has 0 aromatic carbocycles. The van der Waals surface area contributed by atoms with E-state index in [-0.39, 0.29) is 29.0 Å². The Bertz CT molecular complexity index is 671. The first-order chi connectivity index (χ1) is 12.1. The maximum Gasteiger partial charge on any atom is 0.303 e. The molecule has 0 aromatic rings. The van der Waals surface area contributed by atoms with Crippen LogP contribution in [0.15, 0.2) is 0 Å². The number of carbonyl (C=O) groups is 3. The van der Waals surface area contributed by atoms with Gasteiger partial charge in [-0.2, -0.15) is 0 Å². The summed E-state index contributed by atoms with van der Waals surface area (Å²) in [5.41, 5.74) is -2.46. The maximum absolute atomic E-state index is 12.9. The van der Waals surface area contributed by atoms with Crippen molar-refractivity contribution in [1.82, 2.24) is 0 Å². The first-order valence-electron chi connectivity index (χ1n) is 10.1. The second kappa shape index (κ2) is 5.63. The van der Waals surface area contributed by atoms with Crippen LogP contribution in [0.4, 0.5) is 0 Å². The summed E-state index contributed by atoms with van der Waals surface area (Å²) in [6.45, 7) is 5.46. The molecule has 0 saturated heterocycles. The van der Waals surface area contributed by atoms with Crippen molar-refractivity contribution in [2.45, 2.75) is 83.8 Å². The van der Waals surface area contributed by atoms with E-state index in [4.69, 9.17) is 4.74 Å². The van der Waals surface area contributed by atoms with Gasteiger partial charge in [0.05, 0.1) is 0 Å². The highest BCUT2D eigenvalue weighted by Gasteiger charge is 2.70. The van der Waals surface area contributed by atoms with E-state index >= 15 is 0 Å². The zero-order valence-corrected chi connectivity index (χ0v) is 16.0. The number of rotatable bonds is 1. The molecule has 4 aliphatic carbocycles. The van der Waals surface area contributed by atoms with Gasteiger partial charge >= 0.3 is 5.97 Å². The topological polar surface area (TPSA) is 80.7 Å². The van der Waals surface area contributed by atoms with Crippen molar-refractivity contribution in [2.24, 2.45) is 28.6 Å². The predicted molar refractivity (Wildman–Crippen MR) is 94.1 cm³/mol. The van der Waals surface area contributed by atoms with Gasteiger partial charge < -0.3 is 9.84 Å². The summed E-state index contributed by atoms with van der Waals surface area (Å²) in [4.78, 5) is 37.2. The maximum atomic E-state index is 12.9. The lowest BCUT2D eigenvalue weighted by Crippen LogP contribution is -2.71. The third kappa shape index (κ3) is 2.10. The molecule has 0 spiro atoms. The van der Waals surface area contributed by atoms with Gasteiger partial charge in [-0.1, -0.05) is 13.8 Å². The minimum atomic E-state index is -1.59. The van der Waals surface area contributed by atoms with Crippen LogP contribution in [0.1, 0.15) is 72.1 Å². The van der Waals surface area contributed by atoms with Crippen LogP contribution in [0.3, 0.4) is 0 Å². The van der Waals surface area contributed by atoms with Crippen LogP contribution in [-0.4, -0.2) is 34.3 Å². The van der Waals surface area contributed by atoms with Crippen LogP contribution < -0.4 is 0 Å². The van der Waals surface area contributed by atoms with E-state index < -0.39 is 23.1 Å². The normalized spacial score (nSPS) is 50.6. The third-order valence-corrected chi connectivity index (χ3v) is 8.62. The van der Waals surface area contributed by atoms with E-state index in [1.807, 2.05) is 6.92 Å². The Labute approximate surface area is 154 Å². The molecule has 0 amide bonds. The molecule has 1 N–H and O–H groups in total. The van der Waals surface area contributed by atoms with Gasteiger partial charge in [-0.05, 0) is 56.3 Å². The number of ether oxygens (including phenoxy) is 1. The Balaban J connectivity index is 1.78. The molecule has 4 saturated carbocycles. The summed E-state index contributed by atoms with van der Waals surface area (Å²) in [5, 5.41) is 11.6. The number of esters is 1. The average molecular weight is 362 g/mol. The second-order valence-corrected chi connectivity index (χ2v) is 9.59. The monoisotopic (exact) mass is 362 g/mol. The molecule has 26 heavy (non-hydrogen) atoms. The van der Waals surface area contributed by atoms with Gasteiger partial charge in [0, 0.05) is 30.6 Å². The summed E-state index contributed by atoms with van der Waals surface area (Å²) in [6.07, 6.45) is 4.81. The summed E-state index contributed by atoms with van der Waals surface area (Å²) < 4.78 is 5.56. The van der Waals surface area contributed by atoms with Crippen LogP contribution in [-0.2, 0) is 19.1 Å². The molecule has 7 atom stereocenters. The highest BCUT2D eigenvalue weighted by molar-refractivity contribution is 5.90. The summed E-state index contributed by atoms with van der Waals surface area (Å²) >= 11 is 0. The van der Waals surface area contributed by atoms with Crippen molar-refractivity contribution in [3.63, 3.8) is 0 Å². The number of carbonyl (C=O) groups excluding carboxylic acids is 3. The van der Waals surface area contributed by atoms with Crippen LogP contribution in [0.5, 0.6) is 0 Å². The molecule has 0 aliphatic heterocycles. The van der Waals surface area contributed by atoms with Crippen molar-refractivity contribution in [2.75, 3.05) is 0 Å². The van der Waals surface area contributed by atoms with Crippen molar-refractivity contribution in [3.8, 4) is 0 Å². The standard InChI is InChI=1S/C21H30O5/c1-12(22)26-18-11-13-14-6-7-16(23)19(14,2)10-8-15(13)20(3)9-4-5-17(24)21(18,20)25/h13-15,18,25H,4-11H2,1-3H3/t13-,14-,15-,18+,19-,20+,21-/m0/s1. The molecule has 4 fully saturated rings. The highest BCUT2D eigenvalue weighted by Crippen LogP contribution is 2.66. The van der Waals surface area contributed by atoms with Gasteiger partial charge in [0.1, 0.15) is 11.9 Å².